The maximum atomic E-state index is 11.4. The number of nitrogens with one attached hydrogen (secondary N) is 1. The molecule has 1 aromatic carbocycles. The maximum Gasteiger partial charge on any atom is 0.224 e. The molecule has 15 heavy (non-hydrogen) atoms. The normalized spacial score (nSPS) is 12.1. The van der Waals surface area contributed by atoms with Gasteiger partial charge in [-0.15, -0.1) is 0 Å². The first-order valence-corrected chi connectivity index (χ1v) is 4.88. The van der Waals surface area contributed by atoms with Crippen molar-refractivity contribution in [2.75, 3.05) is 6.54 Å². The molecule has 4 heteroatoms. The average Bonchev–Trinajstić information content (AvgIpc) is 2.19. The summed E-state index contributed by atoms with van der Waals surface area (Å²) in [5, 5.41) is 11.8. The van der Waals surface area contributed by atoms with Crippen LogP contribution in [0.3, 0.4) is 0 Å². The van der Waals surface area contributed by atoms with Gasteiger partial charge in [0.2, 0.25) is 5.91 Å². The summed E-state index contributed by atoms with van der Waals surface area (Å²) >= 11 is 0. The molecular weight excluding hydrogens is 192 g/mol. The molecule has 1 aromatic rings. The molecule has 0 aliphatic heterocycles. The molecule has 0 spiro atoms. The summed E-state index contributed by atoms with van der Waals surface area (Å²) in [5.74, 6) is 0.146. The zero-order valence-electron chi connectivity index (χ0n) is 8.73. The highest BCUT2D eigenvalue weighted by Crippen LogP contribution is 2.09. The molecule has 4 N–H and O–H groups in total. The van der Waals surface area contributed by atoms with Crippen molar-refractivity contribution >= 4 is 5.91 Å². The third-order valence-corrected chi connectivity index (χ3v) is 1.92. The fourth-order valence-corrected chi connectivity index (χ4v) is 1.14. The number of carbonyl (C=O) groups is 1. The van der Waals surface area contributed by atoms with Crippen LogP contribution >= 0.6 is 0 Å². The molecule has 1 rings (SSSR count). The van der Waals surface area contributed by atoms with E-state index < -0.39 is 0 Å². The van der Waals surface area contributed by atoms with Gasteiger partial charge in [-0.1, -0.05) is 12.1 Å². The van der Waals surface area contributed by atoms with Crippen LogP contribution in [-0.2, 0) is 11.2 Å². The first-order valence-electron chi connectivity index (χ1n) is 4.88. The van der Waals surface area contributed by atoms with Crippen LogP contribution in [0.1, 0.15) is 12.5 Å². The number of amides is 1. The van der Waals surface area contributed by atoms with Gasteiger partial charge in [0.1, 0.15) is 5.75 Å². The van der Waals surface area contributed by atoms with Crippen LogP contribution in [0, 0.1) is 0 Å². The molecule has 4 nitrogen and oxygen atoms in total. The van der Waals surface area contributed by atoms with E-state index in [1.54, 1.807) is 24.3 Å². The van der Waals surface area contributed by atoms with E-state index in [2.05, 4.69) is 5.32 Å². The molecule has 82 valence electrons. The highest BCUT2D eigenvalue weighted by Gasteiger charge is 2.03. The SMILES string of the molecule is CC(N)CNC(=O)Cc1ccc(O)cc1. The quantitative estimate of drug-likeness (QED) is 0.670. The van der Waals surface area contributed by atoms with Crippen molar-refractivity contribution < 1.29 is 9.90 Å². The molecule has 0 bridgehead atoms. The van der Waals surface area contributed by atoms with Gasteiger partial charge in [-0.2, -0.15) is 0 Å². The molecule has 0 fully saturated rings. The van der Waals surface area contributed by atoms with Gasteiger partial charge in [0.05, 0.1) is 6.42 Å². The lowest BCUT2D eigenvalue weighted by atomic mass is 10.1. The molecule has 0 saturated heterocycles. The van der Waals surface area contributed by atoms with Crippen molar-refractivity contribution in [3.05, 3.63) is 29.8 Å². The lowest BCUT2D eigenvalue weighted by Crippen LogP contribution is -2.35. The van der Waals surface area contributed by atoms with Gasteiger partial charge in [0.25, 0.3) is 0 Å². The van der Waals surface area contributed by atoms with Gasteiger partial charge >= 0.3 is 0 Å². The Morgan fingerprint density at radius 3 is 2.60 bits per heavy atom. The number of aromatic hydroxyl groups is 1. The zero-order valence-corrected chi connectivity index (χ0v) is 8.73. The Morgan fingerprint density at radius 2 is 2.07 bits per heavy atom. The van der Waals surface area contributed by atoms with Gasteiger partial charge in [-0.3, -0.25) is 4.79 Å². The fourth-order valence-electron chi connectivity index (χ4n) is 1.14. The second-order valence-corrected chi connectivity index (χ2v) is 3.62. The Kier molecular flexibility index (Phi) is 4.12. The molecule has 1 amide bonds. The monoisotopic (exact) mass is 208 g/mol. The van der Waals surface area contributed by atoms with E-state index >= 15 is 0 Å². The highest BCUT2D eigenvalue weighted by molar-refractivity contribution is 5.78. The van der Waals surface area contributed by atoms with E-state index in [0.717, 1.165) is 5.56 Å². The molecule has 1 atom stereocenters. The third-order valence-electron chi connectivity index (χ3n) is 1.92. The Labute approximate surface area is 89.1 Å². The molecule has 0 aromatic heterocycles. The summed E-state index contributed by atoms with van der Waals surface area (Å²) in [6.45, 7) is 2.32. The molecule has 0 heterocycles. The van der Waals surface area contributed by atoms with Gasteiger partial charge < -0.3 is 16.2 Å². The van der Waals surface area contributed by atoms with E-state index in [4.69, 9.17) is 10.8 Å². The van der Waals surface area contributed by atoms with Gasteiger partial charge in [-0.05, 0) is 24.6 Å². The molecule has 0 saturated carbocycles. The number of benzene rings is 1. The Hall–Kier alpha value is -1.55. The number of phenolic OH excluding ortho intramolecular Hbond substituents is 1. The highest BCUT2D eigenvalue weighted by atomic mass is 16.3. The maximum absolute atomic E-state index is 11.4. The summed E-state index contributed by atoms with van der Waals surface area (Å²) in [5.41, 5.74) is 6.38. The minimum Gasteiger partial charge on any atom is -0.508 e. The minimum absolute atomic E-state index is 0.0335. The van der Waals surface area contributed by atoms with Gasteiger partial charge in [-0.25, -0.2) is 0 Å². The van der Waals surface area contributed by atoms with Gasteiger partial charge in [0, 0.05) is 12.6 Å². The number of hydrogen-bond acceptors (Lipinski definition) is 3. The van der Waals surface area contributed by atoms with Crippen molar-refractivity contribution in [2.24, 2.45) is 5.73 Å². The Bertz CT molecular complexity index is 320. The van der Waals surface area contributed by atoms with Crippen LogP contribution in [0.5, 0.6) is 5.75 Å². The van der Waals surface area contributed by atoms with Crippen molar-refractivity contribution in [3.8, 4) is 5.75 Å². The van der Waals surface area contributed by atoms with Crippen LogP contribution in [0.25, 0.3) is 0 Å². The summed E-state index contributed by atoms with van der Waals surface area (Å²) in [7, 11) is 0. The van der Waals surface area contributed by atoms with Crippen LogP contribution in [-0.4, -0.2) is 23.6 Å². The minimum atomic E-state index is -0.0574. The zero-order chi connectivity index (χ0) is 11.3. The largest absolute Gasteiger partial charge is 0.508 e. The van der Waals surface area contributed by atoms with Crippen molar-refractivity contribution in [3.63, 3.8) is 0 Å². The second-order valence-electron chi connectivity index (χ2n) is 3.62. The van der Waals surface area contributed by atoms with Gasteiger partial charge in [0.15, 0.2) is 0 Å². The lowest BCUT2D eigenvalue weighted by Gasteiger charge is -2.07. The summed E-state index contributed by atoms with van der Waals surface area (Å²) in [6, 6.07) is 6.54. The number of hydrogen-bond donors (Lipinski definition) is 3. The Morgan fingerprint density at radius 1 is 1.47 bits per heavy atom. The topological polar surface area (TPSA) is 75.3 Å². The number of nitrogens with two attached hydrogens (primary N) is 1. The van der Waals surface area contributed by atoms with Crippen molar-refractivity contribution in [1.29, 1.82) is 0 Å². The summed E-state index contributed by atoms with van der Waals surface area (Å²) in [6.07, 6.45) is 0.312. The molecule has 1 unspecified atom stereocenters. The van der Waals surface area contributed by atoms with E-state index in [1.807, 2.05) is 6.92 Å². The van der Waals surface area contributed by atoms with E-state index in [0.29, 0.717) is 13.0 Å². The van der Waals surface area contributed by atoms with Crippen LogP contribution in [0.2, 0.25) is 0 Å². The summed E-state index contributed by atoms with van der Waals surface area (Å²) < 4.78 is 0. The third kappa shape index (κ3) is 4.46. The summed E-state index contributed by atoms with van der Waals surface area (Å²) in [4.78, 5) is 11.4. The second kappa shape index (κ2) is 5.36. The predicted molar refractivity (Wildman–Crippen MR) is 58.5 cm³/mol. The van der Waals surface area contributed by atoms with Crippen LogP contribution in [0.15, 0.2) is 24.3 Å². The number of rotatable bonds is 4. The van der Waals surface area contributed by atoms with Crippen LogP contribution in [0.4, 0.5) is 0 Å². The fraction of sp³-hybridized carbons (Fsp3) is 0.364. The molecule has 0 aliphatic rings. The lowest BCUT2D eigenvalue weighted by molar-refractivity contribution is -0.120. The first-order chi connectivity index (χ1) is 7.08. The Balaban J connectivity index is 2.41. The molecule has 0 radical (unpaired) electrons. The van der Waals surface area contributed by atoms with Crippen molar-refractivity contribution in [2.45, 2.75) is 19.4 Å². The molecular formula is C11H16N2O2. The molecule has 0 aliphatic carbocycles. The van der Waals surface area contributed by atoms with E-state index in [9.17, 15) is 4.79 Å². The number of carbonyl (C=O) groups excluding carboxylic acids is 1. The average molecular weight is 208 g/mol. The smallest absolute Gasteiger partial charge is 0.224 e. The first kappa shape index (κ1) is 11.5. The standard InChI is InChI=1S/C11H16N2O2/c1-8(12)7-13-11(15)6-9-2-4-10(14)5-3-9/h2-5,8,14H,6-7,12H2,1H3,(H,13,15). The van der Waals surface area contributed by atoms with E-state index in [-0.39, 0.29) is 17.7 Å². The van der Waals surface area contributed by atoms with Crippen molar-refractivity contribution in [1.82, 2.24) is 5.32 Å². The van der Waals surface area contributed by atoms with Crippen LogP contribution < -0.4 is 11.1 Å². The predicted octanol–water partition coefficient (Wildman–Crippen LogP) is 0.398. The number of phenols is 1. The van der Waals surface area contributed by atoms with E-state index in [1.165, 1.54) is 0 Å².